The normalized spacial score (nSPS) is 11.2. The summed E-state index contributed by atoms with van der Waals surface area (Å²) < 4.78 is 5.24. The average molecular weight is 433 g/mol. The molecule has 2 amide bonds. The van der Waals surface area contributed by atoms with Crippen molar-refractivity contribution in [1.29, 1.82) is 0 Å². The Morgan fingerprint density at radius 1 is 0.844 bits per heavy atom. The maximum atomic E-state index is 12.8. The Hall–Kier alpha value is -4.20. The number of nitrogens with zero attached hydrogens (tertiary/aromatic N) is 1. The van der Waals surface area contributed by atoms with Gasteiger partial charge in [-0.2, -0.15) is 0 Å². The Bertz CT molecular complexity index is 1040. The Kier molecular flexibility index (Phi) is 7.91. The van der Waals surface area contributed by atoms with E-state index in [1.807, 2.05) is 60.7 Å². The molecule has 0 aliphatic carbocycles. The molecule has 32 heavy (non-hydrogen) atoms. The fourth-order valence-corrected chi connectivity index (χ4v) is 3.01. The van der Waals surface area contributed by atoms with Crippen molar-refractivity contribution >= 4 is 17.7 Å². The third-order valence-electron chi connectivity index (χ3n) is 4.72. The minimum atomic E-state index is -0.913. The molecule has 0 saturated heterocycles. The summed E-state index contributed by atoms with van der Waals surface area (Å²) in [5, 5.41) is 16.3. The monoisotopic (exact) mass is 433 g/mol. The number of rotatable bonds is 9. The Labute approximate surface area is 185 Å². The van der Waals surface area contributed by atoms with Crippen molar-refractivity contribution in [3.8, 4) is 0 Å². The lowest BCUT2D eigenvalue weighted by atomic mass is 10.0. The molecule has 0 aliphatic rings. The van der Waals surface area contributed by atoms with Crippen molar-refractivity contribution in [2.75, 3.05) is 0 Å². The number of ether oxygens (including phenoxy) is 1. The predicted molar refractivity (Wildman–Crippen MR) is 119 cm³/mol. The van der Waals surface area contributed by atoms with E-state index in [1.54, 1.807) is 12.1 Å². The molecule has 1 atom stereocenters. The molecule has 0 bridgehead atoms. The topological polar surface area (TPSA) is 111 Å². The van der Waals surface area contributed by atoms with E-state index in [2.05, 4.69) is 10.6 Å². The number of alkyl carbamates (subject to hydrolysis) is 1. The van der Waals surface area contributed by atoms with Crippen molar-refractivity contribution in [3.05, 3.63) is 112 Å². The third-order valence-corrected chi connectivity index (χ3v) is 4.72. The van der Waals surface area contributed by atoms with Gasteiger partial charge in [0, 0.05) is 25.1 Å². The number of carbonyl (C=O) groups excluding carboxylic acids is 2. The number of nitro groups is 1. The highest BCUT2D eigenvalue weighted by molar-refractivity contribution is 5.85. The van der Waals surface area contributed by atoms with Crippen LogP contribution in [0.5, 0.6) is 0 Å². The number of carbonyl (C=O) groups is 2. The maximum absolute atomic E-state index is 12.8. The summed E-state index contributed by atoms with van der Waals surface area (Å²) in [6, 6.07) is 23.5. The highest BCUT2D eigenvalue weighted by Gasteiger charge is 2.22. The number of nitro benzene ring substituents is 1. The highest BCUT2D eigenvalue weighted by atomic mass is 16.6. The van der Waals surface area contributed by atoms with E-state index in [9.17, 15) is 19.7 Å². The molecule has 0 radical (unpaired) electrons. The van der Waals surface area contributed by atoms with Crippen molar-refractivity contribution in [2.24, 2.45) is 0 Å². The second kappa shape index (κ2) is 11.3. The standard InChI is InChI=1S/C24H23N3O5/c28-23(25-16-19-7-3-1-4-8-19)22(15-18-11-13-21(14-12-18)27(30)31)26-24(29)32-17-20-9-5-2-6-10-20/h1-14,22H,15-17H2,(H,25,28)(H,26,29)/t22-/m0/s1. The molecule has 164 valence electrons. The quantitative estimate of drug-likeness (QED) is 0.394. The second-order valence-electron chi connectivity index (χ2n) is 7.09. The summed E-state index contributed by atoms with van der Waals surface area (Å²) in [4.78, 5) is 35.5. The van der Waals surface area contributed by atoms with Crippen LogP contribution in [0, 0.1) is 10.1 Å². The molecular formula is C24H23N3O5. The number of hydrogen-bond acceptors (Lipinski definition) is 5. The fourth-order valence-electron chi connectivity index (χ4n) is 3.01. The summed E-state index contributed by atoms with van der Waals surface area (Å²) in [7, 11) is 0. The second-order valence-corrected chi connectivity index (χ2v) is 7.09. The molecule has 8 heteroatoms. The molecule has 0 unspecified atom stereocenters. The molecule has 8 nitrogen and oxygen atoms in total. The summed E-state index contributed by atoms with van der Waals surface area (Å²) >= 11 is 0. The molecule has 2 N–H and O–H groups in total. The maximum Gasteiger partial charge on any atom is 0.408 e. The summed E-state index contributed by atoms with van der Waals surface area (Å²) in [5.41, 5.74) is 2.36. The molecule has 0 fully saturated rings. The molecule has 3 aromatic carbocycles. The van der Waals surface area contributed by atoms with Gasteiger partial charge < -0.3 is 15.4 Å². The number of non-ortho nitro benzene ring substituents is 1. The van der Waals surface area contributed by atoms with E-state index in [1.165, 1.54) is 12.1 Å². The van der Waals surface area contributed by atoms with E-state index < -0.39 is 17.1 Å². The molecule has 0 spiro atoms. The molecule has 3 aromatic rings. The Balaban J connectivity index is 1.65. The Morgan fingerprint density at radius 2 is 1.44 bits per heavy atom. The first-order chi connectivity index (χ1) is 15.5. The molecule has 3 rings (SSSR count). The van der Waals surface area contributed by atoms with Crippen LogP contribution in [0.15, 0.2) is 84.9 Å². The summed E-state index contributed by atoms with van der Waals surface area (Å²) in [5.74, 6) is -0.385. The van der Waals surface area contributed by atoms with Gasteiger partial charge in [0.15, 0.2) is 0 Å². The number of amides is 2. The number of nitrogens with one attached hydrogen (secondary N) is 2. The minimum absolute atomic E-state index is 0.0472. The van der Waals surface area contributed by atoms with E-state index in [4.69, 9.17) is 4.74 Å². The van der Waals surface area contributed by atoms with Gasteiger partial charge in [-0.1, -0.05) is 72.8 Å². The van der Waals surface area contributed by atoms with Crippen LogP contribution in [-0.2, 0) is 29.1 Å². The fraction of sp³-hybridized carbons (Fsp3) is 0.167. The number of benzene rings is 3. The largest absolute Gasteiger partial charge is 0.445 e. The van der Waals surface area contributed by atoms with E-state index in [-0.39, 0.29) is 24.6 Å². The SMILES string of the molecule is O=C(N[C@@H](Cc1ccc([N+](=O)[O-])cc1)C(=O)NCc1ccccc1)OCc1ccccc1. The van der Waals surface area contributed by atoms with Gasteiger partial charge in [0.2, 0.25) is 5.91 Å². The summed E-state index contributed by atoms with van der Waals surface area (Å²) in [6.07, 6.45) is -0.574. The van der Waals surface area contributed by atoms with Crippen LogP contribution in [0.4, 0.5) is 10.5 Å². The molecule has 0 aromatic heterocycles. The molecular weight excluding hydrogens is 410 g/mol. The lowest BCUT2D eigenvalue weighted by Gasteiger charge is -2.18. The van der Waals surface area contributed by atoms with E-state index >= 15 is 0 Å². The van der Waals surface area contributed by atoms with Crippen molar-refractivity contribution < 1.29 is 19.2 Å². The van der Waals surface area contributed by atoms with E-state index in [0.29, 0.717) is 12.1 Å². The molecule has 0 saturated carbocycles. The van der Waals surface area contributed by atoms with Gasteiger partial charge in [-0.25, -0.2) is 4.79 Å². The van der Waals surface area contributed by atoms with Crippen molar-refractivity contribution in [2.45, 2.75) is 25.6 Å². The minimum Gasteiger partial charge on any atom is -0.445 e. The van der Waals surface area contributed by atoms with Crippen LogP contribution in [0.1, 0.15) is 16.7 Å². The lowest BCUT2D eigenvalue weighted by Crippen LogP contribution is -2.48. The van der Waals surface area contributed by atoms with Gasteiger partial charge in [-0.3, -0.25) is 14.9 Å². The molecule has 0 aliphatic heterocycles. The van der Waals surface area contributed by atoms with Gasteiger partial charge in [0.25, 0.3) is 5.69 Å². The Morgan fingerprint density at radius 3 is 2.03 bits per heavy atom. The van der Waals surface area contributed by atoms with Crippen LogP contribution < -0.4 is 10.6 Å². The third kappa shape index (κ3) is 6.94. The van der Waals surface area contributed by atoms with Gasteiger partial charge >= 0.3 is 6.09 Å². The van der Waals surface area contributed by atoms with Crippen LogP contribution in [0.3, 0.4) is 0 Å². The zero-order valence-electron chi connectivity index (χ0n) is 17.3. The first kappa shape index (κ1) is 22.5. The van der Waals surface area contributed by atoms with Crippen LogP contribution in [0.2, 0.25) is 0 Å². The first-order valence-corrected chi connectivity index (χ1v) is 10.0. The van der Waals surface area contributed by atoms with Gasteiger partial charge in [0.05, 0.1) is 4.92 Å². The smallest absolute Gasteiger partial charge is 0.408 e. The lowest BCUT2D eigenvalue weighted by molar-refractivity contribution is -0.384. The summed E-state index contributed by atoms with van der Waals surface area (Å²) in [6.45, 7) is 0.375. The van der Waals surface area contributed by atoms with Crippen molar-refractivity contribution in [3.63, 3.8) is 0 Å². The highest BCUT2D eigenvalue weighted by Crippen LogP contribution is 2.14. The number of hydrogen-bond donors (Lipinski definition) is 2. The predicted octanol–water partition coefficient (Wildman–Crippen LogP) is 3.75. The first-order valence-electron chi connectivity index (χ1n) is 10.0. The zero-order chi connectivity index (χ0) is 22.8. The van der Waals surface area contributed by atoms with Gasteiger partial charge in [-0.05, 0) is 16.7 Å². The molecule has 0 heterocycles. The zero-order valence-corrected chi connectivity index (χ0v) is 17.3. The average Bonchev–Trinajstić information content (AvgIpc) is 2.82. The van der Waals surface area contributed by atoms with Crippen LogP contribution >= 0.6 is 0 Å². The van der Waals surface area contributed by atoms with E-state index in [0.717, 1.165) is 11.1 Å². The van der Waals surface area contributed by atoms with Crippen LogP contribution in [-0.4, -0.2) is 23.0 Å². The van der Waals surface area contributed by atoms with Gasteiger partial charge in [0.1, 0.15) is 12.6 Å². The van der Waals surface area contributed by atoms with Crippen LogP contribution in [0.25, 0.3) is 0 Å². The van der Waals surface area contributed by atoms with Crippen molar-refractivity contribution in [1.82, 2.24) is 10.6 Å². The van der Waals surface area contributed by atoms with Gasteiger partial charge in [-0.15, -0.1) is 0 Å².